The first-order chi connectivity index (χ1) is 16.5. The van der Waals surface area contributed by atoms with Gasteiger partial charge in [0.2, 0.25) is 0 Å². The molecule has 3 rings (SSSR count). The van der Waals surface area contributed by atoms with Crippen LogP contribution in [-0.4, -0.2) is 19.0 Å². The van der Waals surface area contributed by atoms with E-state index in [0.29, 0.717) is 6.07 Å². The van der Waals surface area contributed by atoms with Gasteiger partial charge in [0.05, 0.1) is 29.4 Å². The number of hydroxylamine groups is 1. The van der Waals surface area contributed by atoms with Crippen LogP contribution in [0.5, 0.6) is 11.5 Å². The zero-order valence-corrected chi connectivity index (χ0v) is 18.3. The number of alkyl halides is 3. The first kappa shape index (κ1) is 25.5. The molecule has 0 radical (unpaired) electrons. The van der Waals surface area contributed by atoms with Crippen LogP contribution in [0.15, 0.2) is 54.7 Å². The molecule has 184 valence electrons. The molecule has 3 amide bonds. The van der Waals surface area contributed by atoms with Crippen LogP contribution in [0.3, 0.4) is 0 Å². The maximum Gasteiger partial charge on any atom is 0.417 e. The van der Waals surface area contributed by atoms with Crippen LogP contribution in [-0.2, 0) is 11.0 Å². The van der Waals surface area contributed by atoms with Crippen LogP contribution in [0.4, 0.5) is 33.7 Å². The zero-order chi connectivity index (χ0) is 25.8. The molecule has 1 heterocycles. The van der Waals surface area contributed by atoms with Crippen molar-refractivity contribution in [3.05, 3.63) is 82.0 Å². The molecule has 0 saturated carbocycles. The van der Waals surface area contributed by atoms with E-state index in [1.54, 1.807) is 0 Å². The van der Waals surface area contributed by atoms with Crippen molar-refractivity contribution in [1.82, 2.24) is 5.48 Å². The van der Waals surface area contributed by atoms with E-state index in [1.165, 1.54) is 19.2 Å². The molecular weight excluding hydrogens is 500 g/mol. The van der Waals surface area contributed by atoms with Crippen molar-refractivity contribution in [3.8, 4) is 11.5 Å². The van der Waals surface area contributed by atoms with Crippen molar-refractivity contribution in [3.63, 3.8) is 0 Å². The number of anilines is 2. The van der Waals surface area contributed by atoms with E-state index in [1.807, 2.05) is 5.48 Å². The van der Waals surface area contributed by atoms with Gasteiger partial charge in [0, 0.05) is 17.8 Å². The molecule has 0 aliphatic heterocycles. The van der Waals surface area contributed by atoms with Crippen molar-refractivity contribution >= 4 is 34.9 Å². The van der Waals surface area contributed by atoms with Gasteiger partial charge in [0.1, 0.15) is 17.3 Å². The molecule has 3 N–H and O–H groups in total. The lowest BCUT2D eigenvalue weighted by molar-refractivity contribution is -0.608. The number of amides is 3. The van der Waals surface area contributed by atoms with E-state index in [0.717, 1.165) is 36.5 Å². The van der Waals surface area contributed by atoms with Gasteiger partial charge in [0.25, 0.3) is 5.69 Å². The van der Waals surface area contributed by atoms with Gasteiger partial charge >= 0.3 is 18.1 Å². The fourth-order valence-electron chi connectivity index (χ4n) is 2.74. The van der Waals surface area contributed by atoms with Crippen LogP contribution in [0.2, 0.25) is 5.02 Å². The topological polar surface area (TPSA) is 116 Å². The van der Waals surface area contributed by atoms with Crippen LogP contribution in [0.25, 0.3) is 0 Å². The molecule has 14 heteroatoms. The van der Waals surface area contributed by atoms with Crippen LogP contribution >= 0.6 is 11.6 Å². The van der Waals surface area contributed by atoms with Crippen molar-refractivity contribution in [1.29, 1.82) is 0 Å². The minimum atomic E-state index is -4.73. The number of hydrogen-bond donors (Lipinski definition) is 3. The van der Waals surface area contributed by atoms with Gasteiger partial charge in [-0.25, -0.2) is 14.7 Å². The summed E-state index contributed by atoms with van der Waals surface area (Å²) in [7, 11) is 1.18. The summed E-state index contributed by atoms with van der Waals surface area (Å²) in [4.78, 5) is 28.4. The average molecular weight is 515 g/mol. The average Bonchev–Trinajstić information content (AvgIpc) is 2.77. The summed E-state index contributed by atoms with van der Waals surface area (Å²) >= 11 is 5.53. The Kier molecular flexibility index (Phi) is 7.62. The molecule has 3 aromatic rings. The summed E-state index contributed by atoms with van der Waals surface area (Å²) in [6, 6.07) is 7.40. The maximum absolute atomic E-state index is 14.5. The number of nitrogens with zero attached hydrogens (tertiary/aromatic N) is 1. The quantitative estimate of drug-likeness (QED) is 0.188. The lowest BCUT2D eigenvalue weighted by atomic mass is 10.2. The Morgan fingerprint density at radius 2 is 1.74 bits per heavy atom. The highest BCUT2D eigenvalue weighted by Crippen LogP contribution is 2.36. The minimum absolute atomic E-state index is 0.0272. The lowest BCUT2D eigenvalue weighted by Crippen LogP contribution is -2.38. The number of nitrogens with one attached hydrogen (secondary N) is 3. The molecule has 0 aliphatic rings. The third kappa shape index (κ3) is 6.49. The number of aromatic nitrogens is 1. The molecule has 2 aromatic carbocycles. The molecule has 35 heavy (non-hydrogen) atoms. The van der Waals surface area contributed by atoms with Crippen molar-refractivity contribution in [2.75, 3.05) is 17.7 Å². The SMILES string of the molecule is CONC(=O)c1cc(Oc2ccc(NC(=O)Nc3ccc(Cl)c(C(F)(F)F)c3)c(F)c2)cc[n+]1[O-]. The highest BCUT2D eigenvalue weighted by molar-refractivity contribution is 6.31. The van der Waals surface area contributed by atoms with Gasteiger partial charge in [-0.05, 0) is 30.3 Å². The highest BCUT2D eigenvalue weighted by Gasteiger charge is 2.33. The summed E-state index contributed by atoms with van der Waals surface area (Å²) in [6.07, 6.45) is -3.73. The molecular formula is C21H15ClF4N4O5. The molecule has 0 bridgehead atoms. The molecule has 0 aliphatic carbocycles. The summed E-state index contributed by atoms with van der Waals surface area (Å²) in [5, 5.41) is 15.5. The second kappa shape index (κ2) is 10.4. The van der Waals surface area contributed by atoms with Crippen LogP contribution in [0.1, 0.15) is 16.1 Å². The predicted octanol–water partition coefficient (Wildman–Crippen LogP) is 4.86. The Bertz CT molecular complexity index is 1270. The van der Waals surface area contributed by atoms with E-state index in [4.69, 9.17) is 16.3 Å². The van der Waals surface area contributed by atoms with Gasteiger partial charge < -0.3 is 20.6 Å². The Labute approximate surface area is 199 Å². The number of urea groups is 1. The Hall–Kier alpha value is -4.10. The predicted molar refractivity (Wildman–Crippen MR) is 115 cm³/mol. The largest absolute Gasteiger partial charge is 0.618 e. The second-order valence-electron chi connectivity index (χ2n) is 6.72. The zero-order valence-electron chi connectivity index (χ0n) is 17.6. The molecule has 1 aromatic heterocycles. The van der Waals surface area contributed by atoms with E-state index >= 15 is 0 Å². The lowest BCUT2D eigenvalue weighted by Gasteiger charge is -2.13. The van der Waals surface area contributed by atoms with E-state index in [9.17, 15) is 32.4 Å². The molecule has 0 unspecified atom stereocenters. The summed E-state index contributed by atoms with van der Waals surface area (Å²) < 4.78 is 59.1. The number of ether oxygens (including phenoxy) is 1. The Balaban J connectivity index is 1.70. The third-order valence-corrected chi connectivity index (χ3v) is 4.60. The summed E-state index contributed by atoms with van der Waals surface area (Å²) in [6.45, 7) is 0. The fraction of sp³-hybridized carbons (Fsp3) is 0.0952. The number of benzene rings is 2. The van der Waals surface area contributed by atoms with Crippen molar-refractivity contribution in [2.24, 2.45) is 0 Å². The van der Waals surface area contributed by atoms with Gasteiger partial charge in [-0.3, -0.25) is 9.63 Å². The van der Waals surface area contributed by atoms with E-state index < -0.39 is 34.5 Å². The minimum Gasteiger partial charge on any atom is -0.618 e. The summed E-state index contributed by atoms with van der Waals surface area (Å²) in [5.41, 5.74) is -0.0344. The normalized spacial score (nSPS) is 11.0. The van der Waals surface area contributed by atoms with Crippen molar-refractivity contribution in [2.45, 2.75) is 6.18 Å². The number of pyridine rings is 1. The smallest absolute Gasteiger partial charge is 0.417 e. The van der Waals surface area contributed by atoms with E-state index in [2.05, 4.69) is 15.5 Å². The first-order valence-corrected chi connectivity index (χ1v) is 9.84. The number of halogens is 5. The number of carbonyl (C=O) groups excluding carboxylic acids is 2. The maximum atomic E-state index is 14.5. The van der Waals surface area contributed by atoms with Crippen molar-refractivity contribution < 1.29 is 41.5 Å². The van der Waals surface area contributed by atoms with Gasteiger partial charge in [0.15, 0.2) is 6.20 Å². The highest BCUT2D eigenvalue weighted by atomic mass is 35.5. The molecule has 0 fully saturated rings. The van der Waals surface area contributed by atoms with E-state index in [-0.39, 0.29) is 33.3 Å². The third-order valence-electron chi connectivity index (χ3n) is 4.27. The molecule has 0 atom stereocenters. The van der Waals surface area contributed by atoms with Gasteiger partial charge in [-0.2, -0.15) is 17.9 Å². The Morgan fingerprint density at radius 3 is 2.40 bits per heavy atom. The van der Waals surface area contributed by atoms with Gasteiger partial charge in [-0.15, -0.1) is 0 Å². The van der Waals surface area contributed by atoms with Gasteiger partial charge in [-0.1, -0.05) is 11.6 Å². The molecule has 9 nitrogen and oxygen atoms in total. The second-order valence-corrected chi connectivity index (χ2v) is 7.13. The molecule has 0 saturated heterocycles. The van der Waals surface area contributed by atoms with Crippen LogP contribution in [0, 0.1) is 11.0 Å². The fourth-order valence-corrected chi connectivity index (χ4v) is 2.97. The number of rotatable bonds is 6. The van der Waals surface area contributed by atoms with Crippen LogP contribution < -0.4 is 25.6 Å². The Morgan fingerprint density at radius 1 is 1.03 bits per heavy atom. The monoisotopic (exact) mass is 514 g/mol. The number of hydrogen-bond acceptors (Lipinski definition) is 5. The summed E-state index contributed by atoms with van der Waals surface area (Å²) in [5.74, 6) is -1.79. The first-order valence-electron chi connectivity index (χ1n) is 9.46. The number of carbonyl (C=O) groups is 2. The standard InChI is InChI=1S/C21H15ClF4N4O5/c1-34-29-19(31)18-10-13(6-7-30(18)33)35-12-3-5-17(16(23)9-12)28-20(32)27-11-2-4-15(22)14(8-11)21(24,25)26/h2-10H,1H3,(H,29,31)(H2,27,28,32). The molecule has 0 spiro atoms.